The van der Waals surface area contributed by atoms with Crippen molar-refractivity contribution < 1.29 is 18.4 Å². The maximum atomic E-state index is 13.2. The third-order valence-corrected chi connectivity index (χ3v) is 6.20. The van der Waals surface area contributed by atoms with E-state index in [1.54, 1.807) is 30.3 Å². The van der Waals surface area contributed by atoms with Crippen LogP contribution in [0.4, 0.5) is 15.9 Å². The lowest BCUT2D eigenvalue weighted by molar-refractivity contribution is 0.0922. The van der Waals surface area contributed by atoms with Crippen LogP contribution < -0.4 is 11.1 Å². The van der Waals surface area contributed by atoms with Crippen molar-refractivity contribution in [2.45, 2.75) is 0 Å². The second-order valence-corrected chi connectivity index (χ2v) is 8.48. The number of rotatable bonds is 4. The summed E-state index contributed by atoms with van der Waals surface area (Å²) in [6.07, 6.45) is 1.43. The van der Waals surface area contributed by atoms with E-state index in [9.17, 15) is 14.0 Å². The number of anilines is 2. The van der Waals surface area contributed by atoms with Gasteiger partial charge in [-0.2, -0.15) is 4.68 Å². The molecule has 0 atom stereocenters. The highest BCUT2D eigenvalue weighted by Gasteiger charge is 2.20. The van der Waals surface area contributed by atoms with E-state index in [4.69, 9.17) is 10.2 Å². The molecule has 3 N–H and O–H groups in total. The van der Waals surface area contributed by atoms with E-state index in [0.29, 0.717) is 22.2 Å². The predicted octanol–water partition coefficient (Wildman–Crippen LogP) is 6.11. The maximum Gasteiger partial charge on any atom is 0.314 e. The number of benzene rings is 4. The van der Waals surface area contributed by atoms with Crippen LogP contribution in [-0.4, -0.2) is 21.6 Å². The van der Waals surface area contributed by atoms with Gasteiger partial charge < -0.3 is 15.5 Å². The van der Waals surface area contributed by atoms with Crippen molar-refractivity contribution in [1.29, 1.82) is 0 Å². The largest absolute Gasteiger partial charge is 0.459 e. The average molecular weight is 490 g/mol. The Morgan fingerprint density at radius 2 is 1.73 bits per heavy atom. The minimum atomic E-state index is -0.417. The Balaban J connectivity index is 1.40. The zero-order chi connectivity index (χ0) is 25.5. The van der Waals surface area contributed by atoms with E-state index in [-0.39, 0.29) is 23.3 Å². The van der Waals surface area contributed by atoms with Crippen LogP contribution in [0.15, 0.2) is 102 Å². The van der Waals surface area contributed by atoms with E-state index >= 15 is 0 Å². The number of nitrogens with zero attached hydrogens (tertiary/aromatic N) is 2. The lowest BCUT2D eigenvalue weighted by Gasteiger charge is -2.11. The Morgan fingerprint density at radius 1 is 0.919 bits per heavy atom. The molecule has 6 aromatic rings. The average Bonchev–Trinajstić information content (AvgIpc) is 3.57. The Hall–Kier alpha value is -5.24. The van der Waals surface area contributed by atoms with Crippen LogP contribution in [0.5, 0.6) is 0 Å². The van der Waals surface area contributed by atoms with Gasteiger partial charge in [0.05, 0.1) is 17.2 Å². The molecule has 6 rings (SSSR count). The second kappa shape index (κ2) is 8.76. The summed E-state index contributed by atoms with van der Waals surface area (Å²) in [5.41, 5.74) is 9.48. The SMILES string of the molecule is Nc1nn(C(=O)c2ccco2)c2cccc(-c3ccc4c(C(=O)Nc5ccc(F)cc5)cccc4c3)c12. The van der Waals surface area contributed by atoms with Gasteiger partial charge in [-0.25, -0.2) is 4.39 Å². The summed E-state index contributed by atoms with van der Waals surface area (Å²) in [5, 5.41) is 9.34. The van der Waals surface area contributed by atoms with Gasteiger partial charge in [-0.05, 0) is 76.5 Å². The first-order chi connectivity index (χ1) is 18.0. The molecule has 0 spiro atoms. The van der Waals surface area contributed by atoms with Gasteiger partial charge >= 0.3 is 5.91 Å². The van der Waals surface area contributed by atoms with E-state index in [2.05, 4.69) is 10.4 Å². The molecular weight excluding hydrogens is 471 g/mol. The lowest BCUT2D eigenvalue weighted by Crippen LogP contribution is -2.12. The molecule has 0 bridgehead atoms. The van der Waals surface area contributed by atoms with Crippen molar-refractivity contribution in [1.82, 2.24) is 9.78 Å². The van der Waals surface area contributed by atoms with Crippen molar-refractivity contribution in [3.63, 3.8) is 0 Å². The summed E-state index contributed by atoms with van der Waals surface area (Å²) in [7, 11) is 0. The first-order valence-electron chi connectivity index (χ1n) is 11.4. The number of furan rings is 1. The number of carbonyl (C=O) groups excluding carboxylic acids is 2. The Labute approximate surface area is 209 Å². The van der Waals surface area contributed by atoms with Gasteiger partial charge in [-0.1, -0.05) is 36.4 Å². The summed E-state index contributed by atoms with van der Waals surface area (Å²) < 4.78 is 19.7. The van der Waals surface area contributed by atoms with Gasteiger partial charge in [0.25, 0.3) is 5.91 Å². The number of hydrogen-bond acceptors (Lipinski definition) is 5. The maximum absolute atomic E-state index is 13.2. The zero-order valence-electron chi connectivity index (χ0n) is 19.3. The molecule has 2 heterocycles. The van der Waals surface area contributed by atoms with Crippen LogP contribution >= 0.6 is 0 Å². The minimum Gasteiger partial charge on any atom is -0.459 e. The van der Waals surface area contributed by atoms with Crippen LogP contribution in [0, 0.1) is 5.82 Å². The number of nitrogens with one attached hydrogen (secondary N) is 1. The van der Waals surface area contributed by atoms with Crippen molar-refractivity contribution >= 4 is 45.0 Å². The summed E-state index contributed by atoms with van der Waals surface area (Å²) in [4.78, 5) is 25.9. The molecule has 37 heavy (non-hydrogen) atoms. The Morgan fingerprint density at radius 3 is 2.51 bits per heavy atom. The molecule has 0 saturated heterocycles. The molecule has 0 unspecified atom stereocenters. The molecular formula is C29H19FN4O3. The lowest BCUT2D eigenvalue weighted by atomic mass is 9.96. The highest BCUT2D eigenvalue weighted by Crippen LogP contribution is 2.35. The van der Waals surface area contributed by atoms with Crippen LogP contribution in [0.25, 0.3) is 32.8 Å². The molecule has 1 amide bonds. The normalized spacial score (nSPS) is 11.2. The van der Waals surface area contributed by atoms with Gasteiger partial charge in [0.1, 0.15) is 5.82 Å². The van der Waals surface area contributed by atoms with Crippen LogP contribution in [0.3, 0.4) is 0 Å². The van der Waals surface area contributed by atoms with Crippen LogP contribution in [0.2, 0.25) is 0 Å². The summed E-state index contributed by atoms with van der Waals surface area (Å²) >= 11 is 0. The molecule has 7 nitrogen and oxygen atoms in total. The predicted molar refractivity (Wildman–Crippen MR) is 140 cm³/mol. The van der Waals surface area contributed by atoms with Crippen LogP contribution in [0.1, 0.15) is 20.9 Å². The van der Waals surface area contributed by atoms with Crippen molar-refractivity contribution in [3.8, 4) is 11.1 Å². The molecule has 180 valence electrons. The molecule has 0 saturated carbocycles. The minimum absolute atomic E-state index is 0.159. The molecule has 4 aromatic carbocycles. The molecule has 0 aliphatic carbocycles. The fourth-order valence-electron chi connectivity index (χ4n) is 4.48. The van der Waals surface area contributed by atoms with E-state index in [1.165, 1.54) is 35.2 Å². The molecule has 0 aliphatic rings. The van der Waals surface area contributed by atoms with Gasteiger partial charge in [-0.15, -0.1) is 5.10 Å². The number of halogens is 1. The highest BCUT2D eigenvalue weighted by atomic mass is 19.1. The smallest absolute Gasteiger partial charge is 0.314 e. The molecule has 0 fully saturated rings. The molecule has 0 aliphatic heterocycles. The number of nitrogens with two attached hydrogens (primary N) is 1. The molecule has 8 heteroatoms. The van der Waals surface area contributed by atoms with Gasteiger partial charge in [0.2, 0.25) is 0 Å². The third kappa shape index (κ3) is 3.90. The fraction of sp³-hybridized carbons (Fsp3) is 0. The number of amides is 1. The van der Waals surface area contributed by atoms with E-state index in [1.807, 2.05) is 36.4 Å². The number of carbonyl (C=O) groups is 2. The fourth-order valence-corrected chi connectivity index (χ4v) is 4.48. The third-order valence-electron chi connectivity index (χ3n) is 6.20. The number of hydrogen-bond donors (Lipinski definition) is 2. The Kier molecular flexibility index (Phi) is 5.27. The zero-order valence-corrected chi connectivity index (χ0v) is 19.3. The van der Waals surface area contributed by atoms with Gasteiger partial charge in [0.15, 0.2) is 11.6 Å². The summed E-state index contributed by atoms with van der Waals surface area (Å²) in [5.74, 6) is -0.708. The molecule has 0 radical (unpaired) electrons. The van der Waals surface area contributed by atoms with Crippen LogP contribution in [-0.2, 0) is 0 Å². The first-order valence-corrected chi connectivity index (χ1v) is 11.4. The van der Waals surface area contributed by atoms with Crippen molar-refractivity contribution in [2.24, 2.45) is 0 Å². The van der Waals surface area contributed by atoms with Gasteiger partial charge in [-0.3, -0.25) is 9.59 Å². The second-order valence-electron chi connectivity index (χ2n) is 8.48. The molecule has 2 aromatic heterocycles. The summed E-state index contributed by atoms with van der Waals surface area (Å²) in [6, 6.07) is 25.5. The highest BCUT2D eigenvalue weighted by molar-refractivity contribution is 6.14. The topological polar surface area (TPSA) is 103 Å². The number of fused-ring (bicyclic) bond motifs is 2. The first kappa shape index (κ1) is 22.2. The summed E-state index contributed by atoms with van der Waals surface area (Å²) in [6.45, 7) is 0. The standard InChI is InChI=1S/C29H19FN4O3/c30-19-10-12-20(13-11-19)32-28(35)23-6-1-4-17-16-18(9-14-21(17)23)22-5-2-7-24-26(22)27(31)33-34(24)29(36)25-8-3-15-37-25/h1-16H,(H2,31,33)(H,32,35). The van der Waals surface area contributed by atoms with Crippen molar-refractivity contribution in [3.05, 3.63) is 114 Å². The van der Waals surface area contributed by atoms with Crippen molar-refractivity contribution in [2.75, 3.05) is 11.1 Å². The monoisotopic (exact) mass is 490 g/mol. The van der Waals surface area contributed by atoms with E-state index < -0.39 is 5.91 Å². The van der Waals surface area contributed by atoms with E-state index in [0.717, 1.165) is 21.9 Å². The quantitative estimate of drug-likeness (QED) is 0.310. The Bertz CT molecular complexity index is 1810. The number of nitrogen functional groups attached to an aromatic ring is 1. The number of aromatic nitrogens is 2. The van der Waals surface area contributed by atoms with Gasteiger partial charge in [0, 0.05) is 11.3 Å².